The zero-order chi connectivity index (χ0) is 11.8. The van der Waals surface area contributed by atoms with Gasteiger partial charge in [-0.05, 0) is 24.3 Å². The maximum atomic E-state index is 6.20. The Morgan fingerprint density at radius 3 is 2.76 bits per heavy atom. The van der Waals surface area contributed by atoms with Gasteiger partial charge in [-0.25, -0.2) is 4.98 Å². The lowest BCUT2D eigenvalue weighted by Crippen LogP contribution is -1.90. The molecule has 2 nitrogen and oxygen atoms in total. The van der Waals surface area contributed by atoms with Crippen LogP contribution in [0.2, 0.25) is 5.15 Å². The lowest BCUT2D eigenvalue weighted by atomic mass is 10.2. The third-order valence-corrected chi connectivity index (χ3v) is 3.37. The SMILES string of the molecule is Clc1cccc2cnc(-c3cccc(Br)c3)n12. The van der Waals surface area contributed by atoms with Crippen LogP contribution in [0.15, 0.2) is 53.1 Å². The summed E-state index contributed by atoms with van der Waals surface area (Å²) >= 11 is 9.66. The maximum absolute atomic E-state index is 6.20. The van der Waals surface area contributed by atoms with Crippen LogP contribution in [-0.2, 0) is 0 Å². The molecule has 0 N–H and O–H groups in total. The molecule has 0 aliphatic carbocycles. The van der Waals surface area contributed by atoms with Gasteiger partial charge in [-0.1, -0.05) is 45.7 Å². The number of aromatic nitrogens is 2. The number of fused-ring (bicyclic) bond motifs is 1. The first-order valence-electron chi connectivity index (χ1n) is 5.13. The number of hydrogen-bond donors (Lipinski definition) is 0. The van der Waals surface area contributed by atoms with Gasteiger partial charge in [0.15, 0.2) is 0 Å². The monoisotopic (exact) mass is 306 g/mol. The van der Waals surface area contributed by atoms with Crippen molar-refractivity contribution in [2.45, 2.75) is 0 Å². The number of pyridine rings is 1. The smallest absolute Gasteiger partial charge is 0.145 e. The average Bonchev–Trinajstić information content (AvgIpc) is 2.74. The summed E-state index contributed by atoms with van der Waals surface area (Å²) in [6.07, 6.45) is 1.82. The summed E-state index contributed by atoms with van der Waals surface area (Å²) in [5.41, 5.74) is 2.03. The van der Waals surface area contributed by atoms with E-state index in [-0.39, 0.29) is 0 Å². The summed E-state index contributed by atoms with van der Waals surface area (Å²) in [7, 11) is 0. The Labute approximate surface area is 112 Å². The summed E-state index contributed by atoms with van der Waals surface area (Å²) < 4.78 is 2.96. The van der Waals surface area contributed by atoms with Crippen LogP contribution in [-0.4, -0.2) is 9.38 Å². The fourth-order valence-electron chi connectivity index (χ4n) is 1.84. The van der Waals surface area contributed by atoms with Crippen molar-refractivity contribution < 1.29 is 0 Å². The third kappa shape index (κ3) is 1.85. The lowest BCUT2D eigenvalue weighted by molar-refractivity contribution is 1.16. The predicted octanol–water partition coefficient (Wildman–Crippen LogP) is 4.42. The first kappa shape index (κ1) is 10.8. The lowest BCUT2D eigenvalue weighted by Gasteiger charge is -2.04. The van der Waals surface area contributed by atoms with Gasteiger partial charge in [0.1, 0.15) is 11.0 Å². The van der Waals surface area contributed by atoms with Crippen LogP contribution in [0.4, 0.5) is 0 Å². The molecule has 0 aliphatic rings. The van der Waals surface area contributed by atoms with E-state index in [9.17, 15) is 0 Å². The van der Waals surface area contributed by atoms with Crippen LogP contribution >= 0.6 is 27.5 Å². The van der Waals surface area contributed by atoms with E-state index in [0.717, 1.165) is 21.4 Å². The third-order valence-electron chi connectivity index (χ3n) is 2.59. The molecule has 0 unspecified atom stereocenters. The Balaban J connectivity index is 2.31. The van der Waals surface area contributed by atoms with Crippen molar-refractivity contribution in [1.82, 2.24) is 9.38 Å². The Bertz CT molecular complexity index is 691. The number of benzene rings is 1. The Kier molecular flexibility index (Phi) is 2.65. The van der Waals surface area contributed by atoms with Crippen LogP contribution in [0.1, 0.15) is 0 Å². The molecule has 3 rings (SSSR count). The van der Waals surface area contributed by atoms with E-state index in [1.54, 1.807) is 0 Å². The summed E-state index contributed by atoms with van der Waals surface area (Å²) in [5.74, 6) is 0.854. The molecule has 0 spiro atoms. The normalized spacial score (nSPS) is 10.9. The summed E-state index contributed by atoms with van der Waals surface area (Å²) in [5, 5.41) is 0.662. The van der Waals surface area contributed by atoms with Crippen LogP contribution in [0.3, 0.4) is 0 Å². The van der Waals surface area contributed by atoms with Gasteiger partial charge < -0.3 is 0 Å². The van der Waals surface area contributed by atoms with Crippen molar-refractivity contribution in [3.63, 3.8) is 0 Å². The van der Waals surface area contributed by atoms with E-state index >= 15 is 0 Å². The summed E-state index contributed by atoms with van der Waals surface area (Å²) in [6, 6.07) is 13.8. The molecule has 0 fully saturated rings. The second kappa shape index (κ2) is 4.17. The molecule has 0 saturated carbocycles. The molecule has 2 heterocycles. The topological polar surface area (TPSA) is 17.3 Å². The molecule has 0 bridgehead atoms. The Hall–Kier alpha value is -1.32. The van der Waals surface area contributed by atoms with Crippen molar-refractivity contribution >= 4 is 33.0 Å². The summed E-state index contributed by atoms with van der Waals surface area (Å²) in [6.45, 7) is 0. The van der Waals surface area contributed by atoms with Gasteiger partial charge in [-0.2, -0.15) is 0 Å². The molecule has 17 heavy (non-hydrogen) atoms. The highest BCUT2D eigenvalue weighted by Gasteiger charge is 2.08. The quantitative estimate of drug-likeness (QED) is 0.608. The molecule has 0 atom stereocenters. The number of hydrogen-bond acceptors (Lipinski definition) is 1. The molecule has 2 aromatic heterocycles. The molecule has 0 aliphatic heterocycles. The minimum absolute atomic E-state index is 0.662. The minimum Gasteiger partial charge on any atom is -0.283 e. The van der Waals surface area contributed by atoms with Gasteiger partial charge in [-0.15, -0.1) is 0 Å². The average molecular weight is 308 g/mol. The molecule has 3 aromatic rings. The Morgan fingerprint density at radius 1 is 1.12 bits per heavy atom. The second-order valence-corrected chi connectivity index (χ2v) is 5.00. The van der Waals surface area contributed by atoms with Gasteiger partial charge in [0.2, 0.25) is 0 Å². The zero-order valence-electron chi connectivity index (χ0n) is 8.77. The first-order valence-corrected chi connectivity index (χ1v) is 6.31. The van der Waals surface area contributed by atoms with Crippen LogP contribution < -0.4 is 0 Å². The maximum Gasteiger partial charge on any atom is 0.145 e. The fraction of sp³-hybridized carbons (Fsp3) is 0. The van der Waals surface area contributed by atoms with Gasteiger partial charge in [0, 0.05) is 10.0 Å². The van der Waals surface area contributed by atoms with Crippen molar-refractivity contribution in [3.05, 3.63) is 58.3 Å². The molecule has 0 radical (unpaired) electrons. The minimum atomic E-state index is 0.662. The van der Waals surface area contributed by atoms with Crippen LogP contribution in [0, 0.1) is 0 Å². The fourth-order valence-corrected chi connectivity index (χ4v) is 2.49. The van der Waals surface area contributed by atoms with Crippen molar-refractivity contribution in [2.75, 3.05) is 0 Å². The van der Waals surface area contributed by atoms with Gasteiger partial charge in [-0.3, -0.25) is 4.40 Å². The van der Waals surface area contributed by atoms with E-state index in [2.05, 4.69) is 20.9 Å². The van der Waals surface area contributed by atoms with E-state index < -0.39 is 0 Å². The zero-order valence-corrected chi connectivity index (χ0v) is 11.1. The van der Waals surface area contributed by atoms with E-state index in [1.165, 1.54) is 0 Å². The van der Waals surface area contributed by atoms with Crippen molar-refractivity contribution in [2.24, 2.45) is 0 Å². The van der Waals surface area contributed by atoms with Gasteiger partial charge in [0.05, 0.1) is 11.7 Å². The highest BCUT2D eigenvalue weighted by Crippen LogP contribution is 2.25. The van der Waals surface area contributed by atoms with E-state index in [1.807, 2.05) is 53.1 Å². The standard InChI is InChI=1S/C13H8BrClN2/c14-10-4-1-3-9(7-10)13-16-8-11-5-2-6-12(15)17(11)13/h1-8H. The molecule has 0 saturated heterocycles. The van der Waals surface area contributed by atoms with Gasteiger partial charge in [0.25, 0.3) is 0 Å². The van der Waals surface area contributed by atoms with E-state index in [0.29, 0.717) is 5.15 Å². The molecule has 84 valence electrons. The highest BCUT2D eigenvalue weighted by molar-refractivity contribution is 9.10. The van der Waals surface area contributed by atoms with Crippen LogP contribution in [0.5, 0.6) is 0 Å². The molecule has 1 aromatic carbocycles. The number of imidazole rings is 1. The van der Waals surface area contributed by atoms with E-state index in [4.69, 9.17) is 11.6 Å². The first-order chi connectivity index (χ1) is 8.25. The Morgan fingerprint density at radius 2 is 1.94 bits per heavy atom. The molecule has 4 heteroatoms. The molecule has 0 amide bonds. The van der Waals surface area contributed by atoms with Crippen LogP contribution in [0.25, 0.3) is 16.9 Å². The predicted molar refractivity (Wildman–Crippen MR) is 73.3 cm³/mol. The molecular weight excluding hydrogens is 300 g/mol. The largest absolute Gasteiger partial charge is 0.283 e. The molecular formula is C13H8BrClN2. The number of halogens is 2. The number of rotatable bonds is 1. The second-order valence-electron chi connectivity index (χ2n) is 3.70. The highest BCUT2D eigenvalue weighted by atomic mass is 79.9. The summed E-state index contributed by atoms with van der Waals surface area (Å²) in [4.78, 5) is 4.43. The van der Waals surface area contributed by atoms with Gasteiger partial charge >= 0.3 is 0 Å². The number of nitrogens with zero attached hydrogens (tertiary/aromatic N) is 2. The van der Waals surface area contributed by atoms with Crippen molar-refractivity contribution in [1.29, 1.82) is 0 Å². The van der Waals surface area contributed by atoms with Crippen molar-refractivity contribution in [3.8, 4) is 11.4 Å².